The fourth-order valence-electron chi connectivity index (χ4n) is 2.51. The molecular weight excluding hydrogens is 246 g/mol. The summed E-state index contributed by atoms with van der Waals surface area (Å²) in [4.78, 5) is 0. The van der Waals surface area contributed by atoms with Crippen molar-refractivity contribution in [2.75, 3.05) is 0 Å². The highest BCUT2D eigenvalue weighted by molar-refractivity contribution is 5.41. The summed E-state index contributed by atoms with van der Waals surface area (Å²) < 4.78 is 52.0. The van der Waals surface area contributed by atoms with Gasteiger partial charge < -0.3 is 5.73 Å². The standard InChI is InChI=1S/C13H15F4N/c1-11(2,18)12(6-7-12)8-4-3-5-9(10(8)14)13(15,16)17/h3-5H,6-7,18H2,1-2H3. The molecule has 1 nitrogen and oxygen atoms in total. The summed E-state index contributed by atoms with van der Waals surface area (Å²) >= 11 is 0. The summed E-state index contributed by atoms with van der Waals surface area (Å²) in [5, 5.41) is 0. The highest BCUT2D eigenvalue weighted by Gasteiger charge is 2.55. The van der Waals surface area contributed by atoms with Crippen LogP contribution in [0, 0.1) is 5.82 Å². The summed E-state index contributed by atoms with van der Waals surface area (Å²) in [5.74, 6) is -1.18. The Labute approximate surface area is 103 Å². The Morgan fingerprint density at radius 3 is 2.11 bits per heavy atom. The minimum absolute atomic E-state index is 0.0878. The molecule has 0 saturated heterocycles. The fraction of sp³-hybridized carbons (Fsp3) is 0.538. The lowest BCUT2D eigenvalue weighted by Gasteiger charge is -2.32. The number of hydrogen-bond donors (Lipinski definition) is 1. The molecule has 1 aliphatic carbocycles. The number of hydrogen-bond acceptors (Lipinski definition) is 1. The van der Waals surface area contributed by atoms with Crippen molar-refractivity contribution >= 4 is 0 Å². The minimum atomic E-state index is -4.67. The molecule has 0 bridgehead atoms. The number of nitrogens with two attached hydrogens (primary N) is 1. The zero-order valence-corrected chi connectivity index (χ0v) is 10.2. The van der Waals surface area contributed by atoms with Crippen LogP contribution in [-0.2, 0) is 11.6 Å². The van der Waals surface area contributed by atoms with Gasteiger partial charge in [-0.3, -0.25) is 0 Å². The fourth-order valence-corrected chi connectivity index (χ4v) is 2.51. The van der Waals surface area contributed by atoms with Gasteiger partial charge in [0.2, 0.25) is 0 Å². The molecule has 2 N–H and O–H groups in total. The molecule has 100 valence electrons. The summed E-state index contributed by atoms with van der Waals surface area (Å²) in [7, 11) is 0. The first-order valence-electron chi connectivity index (χ1n) is 5.75. The van der Waals surface area contributed by atoms with Gasteiger partial charge in [0, 0.05) is 11.0 Å². The molecule has 2 rings (SSSR count). The van der Waals surface area contributed by atoms with Crippen molar-refractivity contribution in [1.82, 2.24) is 0 Å². The van der Waals surface area contributed by atoms with Crippen LogP contribution in [0.1, 0.15) is 37.8 Å². The van der Waals surface area contributed by atoms with E-state index < -0.39 is 28.5 Å². The Morgan fingerprint density at radius 2 is 1.72 bits per heavy atom. The second-order valence-corrected chi connectivity index (χ2v) is 5.47. The topological polar surface area (TPSA) is 26.0 Å². The van der Waals surface area contributed by atoms with Crippen LogP contribution in [0.4, 0.5) is 17.6 Å². The minimum Gasteiger partial charge on any atom is -0.325 e. The third kappa shape index (κ3) is 1.90. The van der Waals surface area contributed by atoms with Crippen LogP contribution in [0.5, 0.6) is 0 Å². The van der Waals surface area contributed by atoms with Crippen LogP contribution in [0.2, 0.25) is 0 Å². The summed E-state index contributed by atoms with van der Waals surface area (Å²) in [6.07, 6.45) is -3.43. The molecule has 0 radical (unpaired) electrons. The van der Waals surface area contributed by atoms with Crippen LogP contribution in [0.25, 0.3) is 0 Å². The zero-order chi connectivity index (χ0) is 13.8. The molecule has 0 amide bonds. The molecule has 0 atom stereocenters. The largest absolute Gasteiger partial charge is 0.419 e. The van der Waals surface area contributed by atoms with Crippen molar-refractivity contribution in [2.45, 2.75) is 43.8 Å². The maximum atomic E-state index is 14.1. The van der Waals surface area contributed by atoms with Gasteiger partial charge in [0.15, 0.2) is 0 Å². The van der Waals surface area contributed by atoms with E-state index in [1.807, 2.05) is 0 Å². The Morgan fingerprint density at radius 1 is 1.17 bits per heavy atom. The van der Waals surface area contributed by atoms with Crippen LogP contribution >= 0.6 is 0 Å². The Kier molecular flexibility index (Phi) is 2.74. The molecule has 1 aliphatic rings. The Hall–Kier alpha value is -1.10. The number of benzene rings is 1. The second-order valence-electron chi connectivity index (χ2n) is 5.47. The molecule has 0 spiro atoms. The van der Waals surface area contributed by atoms with Gasteiger partial charge in [0.05, 0.1) is 5.56 Å². The SMILES string of the molecule is CC(C)(N)C1(c2cccc(C(F)(F)F)c2F)CC1. The van der Waals surface area contributed by atoms with Crippen molar-refractivity contribution in [1.29, 1.82) is 0 Å². The quantitative estimate of drug-likeness (QED) is 0.808. The zero-order valence-electron chi connectivity index (χ0n) is 10.2. The molecule has 1 fully saturated rings. The van der Waals surface area contributed by atoms with E-state index in [9.17, 15) is 17.6 Å². The highest BCUT2D eigenvalue weighted by Crippen LogP contribution is 2.56. The molecule has 0 unspecified atom stereocenters. The van der Waals surface area contributed by atoms with Crippen molar-refractivity contribution in [3.8, 4) is 0 Å². The van der Waals surface area contributed by atoms with Gasteiger partial charge in [-0.15, -0.1) is 0 Å². The number of rotatable bonds is 2. The molecule has 5 heteroatoms. The number of halogens is 4. The monoisotopic (exact) mass is 261 g/mol. The first kappa shape index (κ1) is 13.3. The van der Waals surface area contributed by atoms with E-state index in [-0.39, 0.29) is 5.56 Å². The van der Waals surface area contributed by atoms with Gasteiger partial charge in [-0.1, -0.05) is 12.1 Å². The maximum absolute atomic E-state index is 14.1. The lowest BCUT2D eigenvalue weighted by molar-refractivity contribution is -0.140. The van der Waals surface area contributed by atoms with E-state index in [0.717, 1.165) is 6.07 Å². The predicted molar refractivity (Wildman–Crippen MR) is 60.6 cm³/mol. The van der Waals surface area contributed by atoms with E-state index in [0.29, 0.717) is 12.8 Å². The predicted octanol–water partition coefficient (Wildman–Crippen LogP) is 3.61. The third-order valence-electron chi connectivity index (χ3n) is 3.80. The van der Waals surface area contributed by atoms with E-state index in [1.165, 1.54) is 12.1 Å². The normalized spacial score (nSPS) is 18.8. The van der Waals surface area contributed by atoms with Gasteiger partial charge in [0.25, 0.3) is 0 Å². The van der Waals surface area contributed by atoms with Gasteiger partial charge in [-0.2, -0.15) is 13.2 Å². The van der Waals surface area contributed by atoms with E-state index in [1.54, 1.807) is 13.8 Å². The molecule has 0 aromatic heterocycles. The highest BCUT2D eigenvalue weighted by atomic mass is 19.4. The van der Waals surface area contributed by atoms with Crippen LogP contribution < -0.4 is 5.73 Å². The third-order valence-corrected chi connectivity index (χ3v) is 3.80. The van der Waals surface area contributed by atoms with Crippen LogP contribution in [0.15, 0.2) is 18.2 Å². The molecule has 1 aromatic carbocycles. The van der Waals surface area contributed by atoms with E-state index in [4.69, 9.17) is 5.73 Å². The lowest BCUT2D eigenvalue weighted by Crippen LogP contribution is -2.45. The van der Waals surface area contributed by atoms with E-state index >= 15 is 0 Å². The molecule has 0 heterocycles. The lowest BCUT2D eigenvalue weighted by atomic mass is 9.78. The van der Waals surface area contributed by atoms with Crippen molar-refractivity contribution < 1.29 is 17.6 Å². The summed E-state index contributed by atoms with van der Waals surface area (Å²) in [6.45, 7) is 3.44. The van der Waals surface area contributed by atoms with Crippen molar-refractivity contribution in [2.24, 2.45) is 5.73 Å². The smallest absolute Gasteiger partial charge is 0.325 e. The Bertz CT molecular complexity index is 467. The molecular formula is C13H15F4N. The number of alkyl halides is 3. The Balaban J connectivity index is 2.55. The van der Waals surface area contributed by atoms with Gasteiger partial charge >= 0.3 is 6.18 Å². The van der Waals surface area contributed by atoms with Gasteiger partial charge in [-0.25, -0.2) is 4.39 Å². The average Bonchev–Trinajstić information content (AvgIpc) is 2.95. The first-order chi connectivity index (χ1) is 8.09. The van der Waals surface area contributed by atoms with Crippen molar-refractivity contribution in [3.05, 3.63) is 35.1 Å². The molecule has 1 saturated carbocycles. The average molecular weight is 261 g/mol. The summed E-state index contributed by atoms with van der Waals surface area (Å²) in [6, 6.07) is 3.41. The molecule has 18 heavy (non-hydrogen) atoms. The van der Waals surface area contributed by atoms with Crippen molar-refractivity contribution in [3.63, 3.8) is 0 Å². The van der Waals surface area contributed by atoms with Crippen LogP contribution in [0.3, 0.4) is 0 Å². The molecule has 1 aromatic rings. The van der Waals surface area contributed by atoms with Gasteiger partial charge in [-0.05, 0) is 38.3 Å². The second kappa shape index (κ2) is 3.70. The van der Waals surface area contributed by atoms with E-state index in [2.05, 4.69) is 0 Å². The molecule has 0 aliphatic heterocycles. The van der Waals surface area contributed by atoms with Crippen LogP contribution in [-0.4, -0.2) is 5.54 Å². The summed E-state index contributed by atoms with van der Waals surface area (Å²) in [5.41, 5.74) is 3.46. The maximum Gasteiger partial charge on any atom is 0.419 e. The first-order valence-corrected chi connectivity index (χ1v) is 5.75. The van der Waals surface area contributed by atoms with Gasteiger partial charge in [0.1, 0.15) is 5.82 Å².